The molecule has 0 aliphatic carbocycles. The number of rotatable bonds is 5. The number of halogens is 1. The van der Waals surface area contributed by atoms with Crippen molar-refractivity contribution >= 4 is 48.6 Å². The van der Waals surface area contributed by atoms with E-state index in [1.54, 1.807) is 36.0 Å². The molecule has 7 heteroatoms. The molecule has 0 N–H and O–H groups in total. The Bertz CT molecular complexity index is 1040. The summed E-state index contributed by atoms with van der Waals surface area (Å²) in [5.41, 5.74) is 1.45. The van der Waals surface area contributed by atoms with E-state index in [0.717, 1.165) is 20.4 Å². The standard InChI is InChI=1S/C19H21BrN2O2S2/c1-13-19(25-14(2)21(3)4)17-7-5-6-8-18(17)22(13)26(23,24)16-11-9-15(20)10-12-16/h5-12,14H,1-4H3. The van der Waals surface area contributed by atoms with Gasteiger partial charge in [0, 0.05) is 20.4 Å². The van der Waals surface area contributed by atoms with Crippen LogP contribution in [0.1, 0.15) is 12.6 Å². The second-order valence-electron chi connectivity index (χ2n) is 6.34. The van der Waals surface area contributed by atoms with E-state index < -0.39 is 10.0 Å². The number of benzene rings is 2. The van der Waals surface area contributed by atoms with Gasteiger partial charge >= 0.3 is 0 Å². The van der Waals surface area contributed by atoms with Crippen molar-refractivity contribution in [1.29, 1.82) is 0 Å². The van der Waals surface area contributed by atoms with Gasteiger partial charge in [0.05, 0.1) is 15.8 Å². The van der Waals surface area contributed by atoms with Crippen molar-refractivity contribution in [3.8, 4) is 0 Å². The van der Waals surface area contributed by atoms with Gasteiger partial charge in [-0.2, -0.15) is 0 Å². The van der Waals surface area contributed by atoms with Crippen LogP contribution in [0.15, 0.2) is 62.8 Å². The molecule has 0 aliphatic heterocycles. The second-order valence-corrected chi connectivity index (χ2v) is 10.4. The molecular weight excluding hydrogens is 432 g/mol. The van der Waals surface area contributed by atoms with Gasteiger partial charge in [-0.15, -0.1) is 11.8 Å². The predicted molar refractivity (Wildman–Crippen MR) is 112 cm³/mol. The average Bonchev–Trinajstić information content (AvgIpc) is 2.88. The van der Waals surface area contributed by atoms with Crippen molar-refractivity contribution in [1.82, 2.24) is 8.87 Å². The molecule has 0 fully saturated rings. The molecule has 0 saturated carbocycles. The number of aromatic nitrogens is 1. The molecule has 26 heavy (non-hydrogen) atoms. The molecule has 1 unspecified atom stereocenters. The van der Waals surface area contributed by atoms with Crippen molar-refractivity contribution in [3.05, 3.63) is 58.7 Å². The lowest BCUT2D eigenvalue weighted by atomic mass is 10.2. The molecule has 0 bridgehead atoms. The summed E-state index contributed by atoms with van der Waals surface area (Å²) in [4.78, 5) is 3.39. The summed E-state index contributed by atoms with van der Waals surface area (Å²) in [6.07, 6.45) is 0. The maximum atomic E-state index is 13.3. The third-order valence-electron chi connectivity index (χ3n) is 4.37. The molecule has 2 aromatic carbocycles. The molecule has 3 rings (SSSR count). The van der Waals surface area contributed by atoms with Crippen LogP contribution >= 0.6 is 27.7 Å². The zero-order valence-corrected chi connectivity index (χ0v) is 18.3. The predicted octanol–water partition coefficient (Wildman–Crippen LogP) is 4.95. The summed E-state index contributed by atoms with van der Waals surface area (Å²) in [5.74, 6) is 0. The van der Waals surface area contributed by atoms with Crippen LogP contribution in [-0.2, 0) is 10.0 Å². The topological polar surface area (TPSA) is 42.3 Å². The molecule has 0 aliphatic rings. The van der Waals surface area contributed by atoms with Crippen molar-refractivity contribution < 1.29 is 8.42 Å². The van der Waals surface area contributed by atoms with E-state index >= 15 is 0 Å². The van der Waals surface area contributed by atoms with Crippen LogP contribution in [0.5, 0.6) is 0 Å². The first-order valence-electron chi connectivity index (χ1n) is 8.17. The Labute approximate surface area is 167 Å². The molecule has 1 atom stereocenters. The van der Waals surface area contributed by atoms with Gasteiger partial charge in [-0.25, -0.2) is 12.4 Å². The first kappa shape index (κ1) is 19.5. The van der Waals surface area contributed by atoms with E-state index in [-0.39, 0.29) is 10.3 Å². The highest BCUT2D eigenvalue weighted by atomic mass is 79.9. The SMILES string of the molecule is Cc1c(SC(C)N(C)C)c2ccccc2n1S(=O)(=O)c1ccc(Br)cc1. The smallest absolute Gasteiger partial charge is 0.268 e. The second kappa shape index (κ2) is 7.38. The summed E-state index contributed by atoms with van der Waals surface area (Å²) in [5, 5.41) is 1.19. The Morgan fingerprint density at radius 3 is 2.31 bits per heavy atom. The van der Waals surface area contributed by atoms with Gasteiger partial charge in [0.25, 0.3) is 10.0 Å². The fourth-order valence-electron chi connectivity index (χ4n) is 2.76. The van der Waals surface area contributed by atoms with Gasteiger partial charge in [-0.1, -0.05) is 34.1 Å². The number of fused-ring (bicyclic) bond motifs is 1. The van der Waals surface area contributed by atoms with Crippen LogP contribution in [0.4, 0.5) is 0 Å². The summed E-state index contributed by atoms with van der Waals surface area (Å²) >= 11 is 5.03. The zero-order valence-electron chi connectivity index (χ0n) is 15.1. The molecule has 4 nitrogen and oxygen atoms in total. The van der Waals surface area contributed by atoms with Crippen molar-refractivity contribution in [3.63, 3.8) is 0 Å². The van der Waals surface area contributed by atoms with Gasteiger partial charge < -0.3 is 0 Å². The fourth-order valence-corrected chi connectivity index (χ4v) is 5.75. The summed E-state index contributed by atoms with van der Waals surface area (Å²) < 4.78 is 29.0. The van der Waals surface area contributed by atoms with Crippen molar-refractivity contribution in [2.24, 2.45) is 0 Å². The summed E-state index contributed by atoms with van der Waals surface area (Å²) in [7, 11) is 0.358. The molecular formula is C19H21BrN2O2S2. The number of nitrogens with zero attached hydrogens (tertiary/aromatic N) is 2. The van der Waals surface area contributed by atoms with Gasteiger partial charge in [0.1, 0.15) is 0 Å². The van der Waals surface area contributed by atoms with Crippen LogP contribution in [0.3, 0.4) is 0 Å². The molecule has 3 aromatic rings. The Morgan fingerprint density at radius 2 is 1.69 bits per heavy atom. The third kappa shape index (κ3) is 3.45. The minimum Gasteiger partial charge on any atom is -0.298 e. The largest absolute Gasteiger partial charge is 0.298 e. The third-order valence-corrected chi connectivity index (χ3v) is 8.23. The lowest BCUT2D eigenvalue weighted by molar-refractivity contribution is 0.402. The molecule has 1 aromatic heterocycles. The van der Waals surface area contributed by atoms with Gasteiger partial charge in [0.2, 0.25) is 0 Å². The van der Waals surface area contributed by atoms with E-state index in [1.165, 1.54) is 3.97 Å². The minimum absolute atomic E-state index is 0.225. The van der Waals surface area contributed by atoms with E-state index in [4.69, 9.17) is 0 Å². The number of thioether (sulfide) groups is 1. The van der Waals surface area contributed by atoms with Crippen molar-refractivity contribution in [2.45, 2.75) is 29.0 Å². The molecule has 0 saturated heterocycles. The van der Waals surface area contributed by atoms with E-state index in [2.05, 4.69) is 27.8 Å². The summed E-state index contributed by atoms with van der Waals surface area (Å²) in [6.45, 7) is 3.99. The first-order valence-corrected chi connectivity index (χ1v) is 11.3. The normalized spacial score (nSPS) is 13.5. The quantitative estimate of drug-likeness (QED) is 0.405. The minimum atomic E-state index is -3.68. The Hall–Kier alpha value is -1.28. The Kier molecular flexibility index (Phi) is 5.53. The first-order chi connectivity index (χ1) is 12.2. The van der Waals surface area contributed by atoms with Crippen LogP contribution in [0.2, 0.25) is 0 Å². The highest BCUT2D eigenvalue weighted by Crippen LogP contribution is 2.38. The highest BCUT2D eigenvalue weighted by molar-refractivity contribution is 9.10. The van der Waals surface area contributed by atoms with E-state index in [9.17, 15) is 8.42 Å². The Morgan fingerprint density at radius 1 is 1.08 bits per heavy atom. The number of para-hydroxylation sites is 1. The highest BCUT2D eigenvalue weighted by Gasteiger charge is 2.26. The van der Waals surface area contributed by atoms with Crippen LogP contribution in [0, 0.1) is 6.92 Å². The summed E-state index contributed by atoms with van der Waals surface area (Å²) in [6, 6.07) is 14.4. The van der Waals surface area contributed by atoms with Crippen LogP contribution in [0.25, 0.3) is 10.9 Å². The number of hydrogen-bond donors (Lipinski definition) is 0. The maximum Gasteiger partial charge on any atom is 0.268 e. The molecule has 0 amide bonds. The van der Waals surface area contributed by atoms with E-state index in [0.29, 0.717) is 5.52 Å². The molecule has 0 radical (unpaired) electrons. The van der Waals surface area contributed by atoms with Crippen molar-refractivity contribution in [2.75, 3.05) is 14.1 Å². The van der Waals surface area contributed by atoms with Gasteiger partial charge in [-0.05, 0) is 58.3 Å². The lowest BCUT2D eigenvalue weighted by Gasteiger charge is -2.19. The average molecular weight is 453 g/mol. The molecule has 138 valence electrons. The fraction of sp³-hybridized carbons (Fsp3) is 0.263. The lowest BCUT2D eigenvalue weighted by Crippen LogP contribution is -2.21. The molecule has 0 spiro atoms. The molecule has 1 heterocycles. The maximum absolute atomic E-state index is 13.3. The van der Waals surface area contributed by atoms with Gasteiger partial charge in [-0.3, -0.25) is 4.90 Å². The van der Waals surface area contributed by atoms with E-state index in [1.807, 2.05) is 45.3 Å². The monoisotopic (exact) mass is 452 g/mol. The number of hydrogen-bond acceptors (Lipinski definition) is 4. The van der Waals surface area contributed by atoms with Crippen LogP contribution < -0.4 is 0 Å². The van der Waals surface area contributed by atoms with Crippen LogP contribution in [-0.4, -0.2) is 36.8 Å². The zero-order chi connectivity index (χ0) is 19.1. The Balaban J connectivity index is 2.23. The van der Waals surface area contributed by atoms with Gasteiger partial charge in [0.15, 0.2) is 0 Å².